The highest BCUT2D eigenvalue weighted by atomic mass is 15.2. The molecule has 0 aliphatic rings. The van der Waals surface area contributed by atoms with Crippen molar-refractivity contribution in [2.75, 3.05) is 19.6 Å². The Bertz CT molecular complexity index is 255. The van der Waals surface area contributed by atoms with Gasteiger partial charge in [-0.15, -0.1) is 0 Å². The van der Waals surface area contributed by atoms with Crippen molar-refractivity contribution in [2.45, 2.75) is 46.0 Å². The number of nitrogens with one attached hydrogen (secondary N) is 2. The molecule has 0 aromatic rings. The van der Waals surface area contributed by atoms with Crippen molar-refractivity contribution < 1.29 is 0 Å². The van der Waals surface area contributed by atoms with Gasteiger partial charge in [0.1, 0.15) is 0 Å². The van der Waals surface area contributed by atoms with Gasteiger partial charge in [-0.2, -0.15) is 5.26 Å². The van der Waals surface area contributed by atoms with Gasteiger partial charge in [-0.3, -0.25) is 10.3 Å². The molecule has 0 atom stereocenters. The molecule has 0 amide bonds. The SMILES string of the molecule is CC(C)CN=C(NC#N)NCCCCCCCN. The van der Waals surface area contributed by atoms with Gasteiger partial charge in [-0.05, 0) is 25.3 Å². The van der Waals surface area contributed by atoms with Gasteiger partial charge in [0.05, 0.1) is 0 Å². The summed E-state index contributed by atoms with van der Waals surface area (Å²) in [4.78, 5) is 4.32. The van der Waals surface area contributed by atoms with Crippen LogP contribution < -0.4 is 16.4 Å². The summed E-state index contributed by atoms with van der Waals surface area (Å²) in [5.74, 6) is 1.09. The lowest BCUT2D eigenvalue weighted by Gasteiger charge is -2.08. The molecule has 18 heavy (non-hydrogen) atoms. The van der Waals surface area contributed by atoms with Crippen LogP contribution in [0, 0.1) is 17.4 Å². The van der Waals surface area contributed by atoms with E-state index in [4.69, 9.17) is 11.0 Å². The van der Waals surface area contributed by atoms with Gasteiger partial charge in [0.2, 0.25) is 5.96 Å². The Hall–Kier alpha value is -1.28. The first-order valence-corrected chi connectivity index (χ1v) is 6.84. The van der Waals surface area contributed by atoms with E-state index in [-0.39, 0.29) is 0 Å². The normalized spacial score (nSPS) is 11.4. The average Bonchev–Trinajstić information content (AvgIpc) is 2.34. The zero-order chi connectivity index (χ0) is 13.6. The summed E-state index contributed by atoms with van der Waals surface area (Å²) in [5, 5.41) is 14.3. The summed E-state index contributed by atoms with van der Waals surface area (Å²) in [7, 11) is 0. The van der Waals surface area contributed by atoms with E-state index in [9.17, 15) is 0 Å². The van der Waals surface area contributed by atoms with Crippen LogP contribution in [0.2, 0.25) is 0 Å². The lowest BCUT2D eigenvalue weighted by Crippen LogP contribution is -2.35. The van der Waals surface area contributed by atoms with E-state index in [1.807, 2.05) is 6.19 Å². The molecular weight excluding hydrogens is 226 g/mol. The van der Waals surface area contributed by atoms with E-state index < -0.39 is 0 Å². The second-order valence-electron chi connectivity index (χ2n) is 4.80. The number of nitrogens with zero attached hydrogens (tertiary/aromatic N) is 2. The van der Waals surface area contributed by atoms with Gasteiger partial charge in [-0.25, -0.2) is 0 Å². The number of rotatable bonds is 9. The summed E-state index contributed by atoms with van der Waals surface area (Å²) in [6.45, 7) is 6.58. The second-order valence-corrected chi connectivity index (χ2v) is 4.80. The van der Waals surface area contributed by atoms with Crippen molar-refractivity contribution in [3.05, 3.63) is 0 Å². The number of nitrogens with two attached hydrogens (primary N) is 1. The number of hydrogen-bond acceptors (Lipinski definition) is 3. The summed E-state index contributed by atoms with van der Waals surface area (Å²) in [5.41, 5.74) is 5.43. The van der Waals surface area contributed by atoms with Crippen molar-refractivity contribution in [2.24, 2.45) is 16.6 Å². The molecule has 5 heteroatoms. The van der Waals surface area contributed by atoms with Crippen LogP contribution in [0.5, 0.6) is 0 Å². The molecule has 104 valence electrons. The highest BCUT2D eigenvalue weighted by Crippen LogP contribution is 2.01. The monoisotopic (exact) mass is 253 g/mol. The largest absolute Gasteiger partial charge is 0.356 e. The molecule has 0 saturated heterocycles. The Morgan fingerprint density at radius 1 is 1.22 bits per heavy atom. The highest BCUT2D eigenvalue weighted by molar-refractivity contribution is 5.81. The maximum atomic E-state index is 8.61. The Kier molecular flexibility index (Phi) is 11.3. The van der Waals surface area contributed by atoms with Crippen molar-refractivity contribution in [3.8, 4) is 6.19 Å². The van der Waals surface area contributed by atoms with Crippen LogP contribution in [0.3, 0.4) is 0 Å². The molecule has 0 aromatic carbocycles. The molecule has 0 heterocycles. The van der Waals surface area contributed by atoms with Crippen molar-refractivity contribution in [1.29, 1.82) is 5.26 Å². The van der Waals surface area contributed by atoms with Gasteiger partial charge in [0, 0.05) is 13.1 Å². The second kappa shape index (κ2) is 12.2. The Morgan fingerprint density at radius 2 is 1.89 bits per heavy atom. The standard InChI is InChI=1S/C13H27N5/c1-12(2)10-17-13(18-11-15)16-9-7-5-3-4-6-8-14/h12H,3-10,14H2,1-2H3,(H2,16,17,18). The molecule has 0 spiro atoms. The van der Waals surface area contributed by atoms with Crippen LogP contribution in [0.25, 0.3) is 0 Å². The minimum absolute atomic E-state index is 0.499. The molecule has 0 aromatic heterocycles. The Balaban J connectivity index is 3.64. The molecule has 0 bridgehead atoms. The first-order valence-electron chi connectivity index (χ1n) is 6.84. The van der Waals surface area contributed by atoms with E-state index >= 15 is 0 Å². The predicted molar refractivity (Wildman–Crippen MR) is 76.0 cm³/mol. The third-order valence-corrected chi connectivity index (χ3v) is 2.46. The number of unbranched alkanes of at least 4 members (excludes halogenated alkanes) is 4. The first kappa shape index (κ1) is 16.7. The molecule has 0 radical (unpaired) electrons. The van der Waals surface area contributed by atoms with Crippen LogP contribution in [0.15, 0.2) is 4.99 Å². The lowest BCUT2D eigenvalue weighted by molar-refractivity contribution is 0.608. The zero-order valence-corrected chi connectivity index (χ0v) is 11.7. The minimum Gasteiger partial charge on any atom is -0.356 e. The summed E-state index contributed by atoms with van der Waals surface area (Å²) in [6.07, 6.45) is 7.74. The number of guanidine groups is 1. The van der Waals surface area contributed by atoms with Crippen molar-refractivity contribution in [1.82, 2.24) is 10.6 Å². The number of hydrogen-bond donors (Lipinski definition) is 3. The van der Waals surface area contributed by atoms with E-state index in [1.54, 1.807) is 0 Å². The predicted octanol–water partition coefficient (Wildman–Crippen LogP) is 1.57. The van der Waals surface area contributed by atoms with Crippen molar-refractivity contribution in [3.63, 3.8) is 0 Å². The molecule has 0 unspecified atom stereocenters. The molecular formula is C13H27N5. The molecule has 4 N–H and O–H groups in total. The molecule has 0 saturated carbocycles. The van der Waals surface area contributed by atoms with Gasteiger partial charge >= 0.3 is 0 Å². The van der Waals surface area contributed by atoms with Crippen LogP contribution in [0.4, 0.5) is 0 Å². The molecule has 0 aliphatic heterocycles. The minimum atomic E-state index is 0.499. The van der Waals surface area contributed by atoms with Crippen LogP contribution in [-0.2, 0) is 0 Å². The van der Waals surface area contributed by atoms with Gasteiger partial charge in [0.25, 0.3) is 0 Å². The topological polar surface area (TPSA) is 86.2 Å². The molecule has 0 fully saturated rings. The third kappa shape index (κ3) is 11.2. The Morgan fingerprint density at radius 3 is 2.50 bits per heavy atom. The maximum Gasteiger partial charge on any atom is 0.204 e. The van der Waals surface area contributed by atoms with Gasteiger partial charge in [-0.1, -0.05) is 33.1 Å². The van der Waals surface area contributed by atoms with Crippen LogP contribution in [-0.4, -0.2) is 25.6 Å². The highest BCUT2D eigenvalue weighted by Gasteiger charge is 1.98. The quantitative estimate of drug-likeness (QED) is 0.191. The molecule has 0 aliphatic carbocycles. The summed E-state index contributed by atoms with van der Waals surface area (Å²) >= 11 is 0. The molecule has 0 rings (SSSR count). The summed E-state index contributed by atoms with van der Waals surface area (Å²) < 4.78 is 0. The van der Waals surface area contributed by atoms with E-state index in [0.29, 0.717) is 11.9 Å². The lowest BCUT2D eigenvalue weighted by atomic mass is 10.1. The first-order chi connectivity index (χ1) is 8.70. The number of aliphatic imine (C=N–C) groups is 1. The molecule has 5 nitrogen and oxygen atoms in total. The summed E-state index contributed by atoms with van der Waals surface area (Å²) in [6, 6.07) is 0. The maximum absolute atomic E-state index is 8.61. The third-order valence-electron chi connectivity index (χ3n) is 2.46. The number of nitriles is 1. The van der Waals surface area contributed by atoms with Gasteiger partial charge < -0.3 is 11.1 Å². The average molecular weight is 253 g/mol. The fraction of sp³-hybridized carbons (Fsp3) is 0.846. The van der Waals surface area contributed by atoms with Crippen LogP contribution in [0.1, 0.15) is 46.0 Å². The van der Waals surface area contributed by atoms with E-state index in [2.05, 4.69) is 29.5 Å². The zero-order valence-electron chi connectivity index (χ0n) is 11.7. The van der Waals surface area contributed by atoms with Gasteiger partial charge in [0.15, 0.2) is 6.19 Å². The van der Waals surface area contributed by atoms with Crippen LogP contribution >= 0.6 is 0 Å². The fourth-order valence-electron chi connectivity index (χ4n) is 1.47. The Labute approximate surface area is 111 Å². The fourth-order valence-corrected chi connectivity index (χ4v) is 1.47. The smallest absolute Gasteiger partial charge is 0.204 e. The van der Waals surface area contributed by atoms with Crippen molar-refractivity contribution >= 4 is 5.96 Å². The van der Waals surface area contributed by atoms with E-state index in [0.717, 1.165) is 32.5 Å². The van der Waals surface area contributed by atoms with E-state index in [1.165, 1.54) is 19.3 Å².